The van der Waals surface area contributed by atoms with Crippen LogP contribution in [0.15, 0.2) is 10.6 Å². The summed E-state index contributed by atoms with van der Waals surface area (Å²) in [4.78, 5) is 12.7. The lowest BCUT2D eigenvalue weighted by atomic mass is 9.83. The lowest BCUT2D eigenvalue weighted by molar-refractivity contribution is -0.172. The molecule has 0 aromatic carbocycles. The lowest BCUT2D eigenvalue weighted by Crippen LogP contribution is -2.34. The maximum Gasteiger partial charge on any atom is 0.389 e. The highest BCUT2D eigenvalue weighted by Crippen LogP contribution is 2.42. The molecule has 32 heavy (non-hydrogen) atoms. The Morgan fingerprint density at radius 3 is 2.69 bits per heavy atom. The van der Waals surface area contributed by atoms with E-state index in [0.29, 0.717) is 6.61 Å². The number of amides is 1. The van der Waals surface area contributed by atoms with Gasteiger partial charge in [0.2, 0.25) is 11.8 Å². The number of carbonyl (C=O) groups is 1. The summed E-state index contributed by atoms with van der Waals surface area (Å²) in [5, 5.41) is 6.96. The Hall–Kier alpha value is -1.26. The van der Waals surface area contributed by atoms with Gasteiger partial charge in [0, 0.05) is 24.5 Å². The molecule has 1 aliphatic carbocycles. The van der Waals surface area contributed by atoms with Crippen LogP contribution >= 0.6 is 11.8 Å². The Bertz CT molecular complexity index is 742. The first-order valence-corrected chi connectivity index (χ1v) is 12.3. The number of nitrogens with zero attached hydrogens (tertiary/aromatic N) is 1. The third-order valence-electron chi connectivity index (χ3n) is 6.15. The molecule has 2 fully saturated rings. The van der Waals surface area contributed by atoms with E-state index in [1.807, 2.05) is 0 Å². The van der Waals surface area contributed by atoms with Crippen molar-refractivity contribution in [1.29, 1.82) is 0 Å². The Kier molecular flexibility index (Phi) is 8.54. The molecule has 0 spiro atoms. The summed E-state index contributed by atoms with van der Waals surface area (Å²) in [6.07, 6.45) is 1.84. The van der Waals surface area contributed by atoms with Crippen LogP contribution in [0.3, 0.4) is 0 Å². The minimum atomic E-state index is -4.17. The molecule has 2 heterocycles. The van der Waals surface area contributed by atoms with Crippen molar-refractivity contribution in [3.05, 3.63) is 11.8 Å². The maximum atomic E-state index is 12.7. The number of carbonyl (C=O) groups excluding carboxylic acids is 1. The zero-order valence-electron chi connectivity index (χ0n) is 18.8. The highest BCUT2D eigenvalue weighted by molar-refractivity contribution is 8.01. The molecule has 6 nitrogen and oxygen atoms in total. The number of rotatable bonds is 10. The number of hydrogen-bond donors (Lipinski definition) is 1. The summed E-state index contributed by atoms with van der Waals surface area (Å²) in [6, 6.07) is 1.75. The summed E-state index contributed by atoms with van der Waals surface area (Å²) in [7, 11) is 0. The average Bonchev–Trinajstić information content (AvgIpc) is 3.40. The Morgan fingerprint density at radius 1 is 1.28 bits per heavy atom. The molecule has 1 aromatic heterocycles. The zero-order valence-corrected chi connectivity index (χ0v) is 19.6. The number of alkyl halides is 3. The molecule has 1 saturated carbocycles. The zero-order chi connectivity index (χ0) is 23.2. The van der Waals surface area contributed by atoms with Crippen molar-refractivity contribution in [3.63, 3.8) is 0 Å². The van der Waals surface area contributed by atoms with Crippen LogP contribution < -0.4 is 5.32 Å². The molecule has 1 N–H and O–H groups in total. The minimum Gasteiger partial charge on any atom is -0.353 e. The number of aromatic nitrogens is 1. The molecule has 1 aliphatic heterocycles. The van der Waals surface area contributed by atoms with E-state index >= 15 is 0 Å². The quantitative estimate of drug-likeness (QED) is 0.427. The second kappa shape index (κ2) is 10.8. The van der Waals surface area contributed by atoms with Crippen LogP contribution in [0.2, 0.25) is 0 Å². The van der Waals surface area contributed by atoms with E-state index in [1.54, 1.807) is 19.9 Å². The van der Waals surface area contributed by atoms with Gasteiger partial charge in [-0.15, -0.1) is 11.8 Å². The Labute approximate surface area is 191 Å². The maximum absolute atomic E-state index is 12.7. The van der Waals surface area contributed by atoms with Gasteiger partial charge < -0.3 is 14.0 Å². The van der Waals surface area contributed by atoms with E-state index in [2.05, 4.69) is 10.5 Å². The first-order valence-electron chi connectivity index (χ1n) is 11.3. The molecular weight excluding hydrogens is 445 g/mol. The number of hydrogen-bond acceptors (Lipinski definition) is 6. The van der Waals surface area contributed by atoms with Crippen molar-refractivity contribution in [1.82, 2.24) is 5.16 Å². The normalized spacial score (nSPS) is 21.6. The molecule has 1 amide bonds. The number of thioether (sulfide) groups is 1. The first kappa shape index (κ1) is 25.4. The van der Waals surface area contributed by atoms with Gasteiger partial charge in [0.15, 0.2) is 6.29 Å². The molecular formula is C22H33F3N2O4S. The van der Waals surface area contributed by atoms with Gasteiger partial charge in [0.1, 0.15) is 0 Å². The van der Waals surface area contributed by atoms with Crippen molar-refractivity contribution in [2.24, 2.45) is 0 Å². The van der Waals surface area contributed by atoms with E-state index in [0.717, 1.165) is 57.2 Å². The van der Waals surface area contributed by atoms with E-state index in [1.165, 1.54) is 11.8 Å². The summed E-state index contributed by atoms with van der Waals surface area (Å²) in [5.41, 5.74) is 0.506. The Balaban J connectivity index is 1.55. The van der Waals surface area contributed by atoms with Gasteiger partial charge in [0.05, 0.1) is 17.0 Å². The van der Waals surface area contributed by atoms with Gasteiger partial charge in [-0.1, -0.05) is 18.0 Å². The minimum absolute atomic E-state index is 0.0233. The number of ether oxygens (including phenoxy) is 2. The van der Waals surface area contributed by atoms with Crippen LogP contribution in [0.4, 0.5) is 19.1 Å². The fourth-order valence-corrected chi connectivity index (χ4v) is 5.11. The van der Waals surface area contributed by atoms with Crippen LogP contribution in [0, 0.1) is 0 Å². The van der Waals surface area contributed by atoms with Crippen molar-refractivity contribution >= 4 is 23.6 Å². The topological polar surface area (TPSA) is 73.6 Å². The lowest BCUT2D eigenvalue weighted by Gasteiger charge is -2.30. The second-order valence-corrected chi connectivity index (χ2v) is 10.9. The van der Waals surface area contributed by atoms with E-state index < -0.39 is 17.3 Å². The largest absolute Gasteiger partial charge is 0.389 e. The van der Waals surface area contributed by atoms with Gasteiger partial charge >= 0.3 is 6.18 Å². The third kappa shape index (κ3) is 7.12. The summed E-state index contributed by atoms with van der Waals surface area (Å²) in [5.74, 6) is 0.157. The molecule has 1 atom stereocenters. The fourth-order valence-electron chi connectivity index (χ4n) is 4.13. The molecule has 1 unspecified atom stereocenters. The van der Waals surface area contributed by atoms with Crippen molar-refractivity contribution < 1.29 is 32.0 Å². The van der Waals surface area contributed by atoms with Crippen LogP contribution in [0.1, 0.15) is 77.3 Å². The summed E-state index contributed by atoms with van der Waals surface area (Å²) in [6.45, 7) is 4.60. The van der Waals surface area contributed by atoms with Gasteiger partial charge in [-0.05, 0) is 58.1 Å². The standard InChI is InChI=1S/C22H33F3N2O4S/c1-20(2,32-13-7-11-22(23,24)25)19(28)26-17-14-16(27-31-17)21(9-4-5-10-21)15-30-18-8-3-6-12-29-18/h14,18H,3-13,15H2,1-2H3,(H,26,28). The van der Waals surface area contributed by atoms with Crippen molar-refractivity contribution in [2.75, 3.05) is 24.3 Å². The summed E-state index contributed by atoms with van der Waals surface area (Å²) < 4.78 is 53.2. The van der Waals surface area contributed by atoms with E-state index in [-0.39, 0.29) is 35.7 Å². The SMILES string of the molecule is CC(C)(SCCCC(F)(F)F)C(=O)Nc1cc(C2(COC3CCCCO3)CCCC2)no1. The van der Waals surface area contributed by atoms with Crippen LogP contribution in [-0.2, 0) is 19.7 Å². The molecule has 0 radical (unpaired) electrons. The monoisotopic (exact) mass is 478 g/mol. The highest BCUT2D eigenvalue weighted by atomic mass is 32.2. The molecule has 10 heteroatoms. The van der Waals surface area contributed by atoms with Crippen molar-refractivity contribution in [2.45, 2.75) is 94.3 Å². The first-order chi connectivity index (χ1) is 15.1. The Morgan fingerprint density at radius 2 is 2.03 bits per heavy atom. The van der Waals surface area contributed by atoms with Crippen LogP contribution in [0.25, 0.3) is 0 Å². The van der Waals surface area contributed by atoms with Gasteiger partial charge in [-0.2, -0.15) is 13.2 Å². The molecule has 2 aliphatic rings. The van der Waals surface area contributed by atoms with E-state index in [9.17, 15) is 18.0 Å². The second-order valence-electron chi connectivity index (χ2n) is 9.20. The number of nitrogens with one attached hydrogen (secondary N) is 1. The van der Waals surface area contributed by atoms with Gasteiger partial charge in [0.25, 0.3) is 0 Å². The van der Waals surface area contributed by atoms with E-state index in [4.69, 9.17) is 14.0 Å². The fraction of sp³-hybridized carbons (Fsp3) is 0.818. The van der Waals surface area contributed by atoms with Crippen LogP contribution in [0.5, 0.6) is 0 Å². The predicted octanol–water partition coefficient (Wildman–Crippen LogP) is 5.82. The molecule has 0 bridgehead atoms. The number of anilines is 1. The predicted molar refractivity (Wildman–Crippen MR) is 117 cm³/mol. The van der Waals surface area contributed by atoms with Crippen molar-refractivity contribution in [3.8, 4) is 0 Å². The molecule has 1 aromatic rings. The van der Waals surface area contributed by atoms with Crippen LogP contribution in [-0.4, -0.2) is 47.2 Å². The third-order valence-corrected chi connectivity index (χ3v) is 7.55. The van der Waals surface area contributed by atoms with Gasteiger partial charge in [-0.3, -0.25) is 10.1 Å². The molecule has 1 saturated heterocycles. The summed E-state index contributed by atoms with van der Waals surface area (Å²) >= 11 is 1.19. The molecule has 182 valence electrons. The van der Waals surface area contributed by atoms with Gasteiger partial charge in [-0.25, -0.2) is 0 Å². The molecule has 3 rings (SSSR count). The average molecular weight is 479 g/mol. The smallest absolute Gasteiger partial charge is 0.353 e. The highest BCUT2D eigenvalue weighted by Gasteiger charge is 2.40. The number of halogens is 3.